The summed E-state index contributed by atoms with van der Waals surface area (Å²) in [7, 11) is 0. The zero-order valence-corrected chi connectivity index (χ0v) is 28.2. The molecule has 4 N–H and O–H groups in total. The third-order valence-electron chi connectivity index (χ3n) is 9.88. The van der Waals surface area contributed by atoms with Crippen molar-refractivity contribution in [3.63, 3.8) is 0 Å². The van der Waals surface area contributed by atoms with Gasteiger partial charge in [-0.25, -0.2) is 5.43 Å². The summed E-state index contributed by atoms with van der Waals surface area (Å²) in [4.78, 5) is 1.24. The number of hydrogen-bond acceptors (Lipinski definition) is 4. The Hall–Kier alpha value is -4.97. The van der Waals surface area contributed by atoms with E-state index in [1.807, 2.05) is 6.07 Å². The third kappa shape index (κ3) is 6.21. The fourth-order valence-corrected chi connectivity index (χ4v) is 8.27. The highest BCUT2D eigenvalue weighted by Gasteiger charge is 2.30. The molecule has 0 aromatic heterocycles. The number of allylic oxidation sites excluding steroid dienone is 5. The molecule has 0 spiro atoms. The van der Waals surface area contributed by atoms with E-state index >= 15 is 0 Å². The van der Waals surface area contributed by atoms with Gasteiger partial charge in [-0.1, -0.05) is 164 Å². The number of fused-ring (bicyclic) bond motifs is 6. The lowest BCUT2D eigenvalue weighted by Crippen LogP contribution is -2.45. The minimum Gasteiger partial charge on any atom is -0.322 e. The standard InChI is InChI=1S/C45H39N3S/c1-30-12-10-11-27-49-41-26-22-32-19-20-35-28-34(21-23-37(35)43(32)42(30)41)36-24-25-40(39-18-9-8-17-38(36)39)44(46)45(33-15-6-3-7-16-33)48-47-29-31-13-4-2-5-14-31/h2-23,25-28,36,44-45,47-48H,1,24,29,46H2/b12-10-,27-11-/t36?,44-,45?/m0/s1. The van der Waals surface area contributed by atoms with Gasteiger partial charge in [-0.3, -0.25) is 5.43 Å². The zero-order chi connectivity index (χ0) is 33.2. The van der Waals surface area contributed by atoms with Crippen LogP contribution in [0.4, 0.5) is 0 Å². The summed E-state index contributed by atoms with van der Waals surface area (Å²) in [5.74, 6) is 0.238. The molecule has 4 heteroatoms. The maximum absolute atomic E-state index is 7.23. The van der Waals surface area contributed by atoms with Gasteiger partial charge in [0.1, 0.15) is 0 Å². The molecular formula is C45H39N3S. The molecule has 2 aliphatic rings. The first-order chi connectivity index (χ1) is 24.2. The lowest BCUT2D eigenvalue weighted by molar-refractivity contribution is 0.413. The van der Waals surface area contributed by atoms with Crippen molar-refractivity contribution in [3.05, 3.63) is 197 Å². The van der Waals surface area contributed by atoms with Crippen molar-refractivity contribution in [2.45, 2.75) is 35.9 Å². The Morgan fingerprint density at radius 2 is 1.55 bits per heavy atom. The number of thioether (sulfide) groups is 1. The average molecular weight is 654 g/mol. The second-order valence-electron chi connectivity index (χ2n) is 12.8. The van der Waals surface area contributed by atoms with Crippen LogP contribution in [0, 0.1) is 0 Å². The first-order valence-electron chi connectivity index (χ1n) is 17.0. The molecule has 0 saturated heterocycles. The molecule has 6 aromatic rings. The number of nitrogens with two attached hydrogens (primary N) is 1. The third-order valence-corrected chi connectivity index (χ3v) is 10.8. The zero-order valence-electron chi connectivity index (χ0n) is 27.4. The molecule has 0 bridgehead atoms. The largest absolute Gasteiger partial charge is 0.322 e. The molecule has 1 heterocycles. The fraction of sp³-hybridized carbons (Fsp3) is 0.111. The minimum atomic E-state index is -0.259. The van der Waals surface area contributed by atoms with Gasteiger partial charge in [-0.2, -0.15) is 0 Å². The van der Waals surface area contributed by atoms with E-state index in [0.717, 1.165) is 17.6 Å². The monoisotopic (exact) mass is 653 g/mol. The lowest BCUT2D eigenvalue weighted by atomic mass is 9.76. The van der Waals surface area contributed by atoms with E-state index in [-0.39, 0.29) is 18.0 Å². The number of hydrogen-bond donors (Lipinski definition) is 3. The Morgan fingerprint density at radius 1 is 0.796 bits per heavy atom. The molecule has 8 rings (SSSR count). The molecule has 3 nitrogen and oxygen atoms in total. The summed E-state index contributed by atoms with van der Waals surface area (Å²) in [5.41, 5.74) is 24.0. The first-order valence-corrected chi connectivity index (χ1v) is 17.8. The van der Waals surface area contributed by atoms with Crippen molar-refractivity contribution in [3.8, 4) is 0 Å². The molecule has 0 saturated carbocycles. The van der Waals surface area contributed by atoms with Crippen LogP contribution < -0.4 is 16.6 Å². The van der Waals surface area contributed by atoms with Crippen molar-refractivity contribution < 1.29 is 0 Å². The maximum atomic E-state index is 7.23. The van der Waals surface area contributed by atoms with Crippen LogP contribution in [0.3, 0.4) is 0 Å². The summed E-state index contributed by atoms with van der Waals surface area (Å²) < 4.78 is 0. The predicted octanol–water partition coefficient (Wildman–Crippen LogP) is 10.5. The molecule has 1 aliphatic heterocycles. The minimum absolute atomic E-state index is 0.118. The van der Waals surface area contributed by atoms with Gasteiger partial charge in [-0.15, -0.1) is 0 Å². The van der Waals surface area contributed by atoms with E-state index in [2.05, 4.69) is 168 Å². The van der Waals surface area contributed by atoms with Crippen molar-refractivity contribution >= 4 is 44.5 Å². The molecule has 0 fully saturated rings. The predicted molar refractivity (Wildman–Crippen MR) is 209 cm³/mol. The second-order valence-corrected chi connectivity index (χ2v) is 13.8. The summed E-state index contributed by atoms with van der Waals surface area (Å²) in [6.45, 7) is 5.16. The summed E-state index contributed by atoms with van der Waals surface area (Å²) in [6.07, 6.45) is 9.54. The Morgan fingerprint density at radius 3 is 2.41 bits per heavy atom. The maximum Gasteiger partial charge on any atom is 0.0655 e. The molecule has 240 valence electrons. The molecule has 49 heavy (non-hydrogen) atoms. The highest BCUT2D eigenvalue weighted by Crippen LogP contribution is 2.44. The quantitative estimate of drug-likeness (QED) is 0.113. The van der Waals surface area contributed by atoms with E-state index in [1.165, 1.54) is 59.8 Å². The van der Waals surface area contributed by atoms with Gasteiger partial charge in [0.25, 0.3) is 0 Å². The molecular weight excluding hydrogens is 615 g/mol. The van der Waals surface area contributed by atoms with E-state index < -0.39 is 0 Å². The Balaban J connectivity index is 1.13. The van der Waals surface area contributed by atoms with Crippen LogP contribution in [-0.2, 0) is 6.54 Å². The highest BCUT2D eigenvalue weighted by molar-refractivity contribution is 8.02. The topological polar surface area (TPSA) is 50.1 Å². The summed E-state index contributed by atoms with van der Waals surface area (Å²) >= 11 is 1.76. The van der Waals surface area contributed by atoms with Crippen LogP contribution in [0.1, 0.15) is 51.8 Å². The second kappa shape index (κ2) is 13.9. The van der Waals surface area contributed by atoms with Gasteiger partial charge in [0.2, 0.25) is 0 Å². The van der Waals surface area contributed by atoms with Crippen LogP contribution in [-0.4, -0.2) is 6.04 Å². The van der Waals surface area contributed by atoms with Crippen LogP contribution >= 0.6 is 11.8 Å². The molecule has 6 aromatic carbocycles. The van der Waals surface area contributed by atoms with Gasteiger partial charge in [-0.05, 0) is 78.4 Å². The molecule has 0 amide bonds. The molecule has 3 atom stereocenters. The number of nitrogens with one attached hydrogen (secondary N) is 2. The average Bonchev–Trinajstić information content (AvgIpc) is 3.15. The Labute approximate surface area is 292 Å². The van der Waals surface area contributed by atoms with Gasteiger partial charge >= 0.3 is 0 Å². The summed E-state index contributed by atoms with van der Waals surface area (Å²) in [5, 5.41) is 7.17. The summed E-state index contributed by atoms with van der Waals surface area (Å²) in [6, 6.07) is 45.4. The molecule has 2 unspecified atom stereocenters. The molecule has 1 aliphatic carbocycles. The van der Waals surface area contributed by atoms with Crippen LogP contribution in [0.15, 0.2) is 169 Å². The lowest BCUT2D eigenvalue weighted by Gasteiger charge is -2.33. The van der Waals surface area contributed by atoms with Gasteiger partial charge in [0, 0.05) is 22.9 Å². The van der Waals surface area contributed by atoms with Crippen molar-refractivity contribution in [1.29, 1.82) is 0 Å². The van der Waals surface area contributed by atoms with E-state index in [1.54, 1.807) is 11.8 Å². The van der Waals surface area contributed by atoms with E-state index in [0.29, 0.717) is 6.54 Å². The first kappa shape index (κ1) is 31.3. The SMILES string of the molecule is C=C1/C=C\C=C/Sc2ccc3ccc4cc(C5CC=C([C@H](N)C(NNCc6ccccc6)c6ccccc6)c6ccccc65)ccc4c3c21. The van der Waals surface area contributed by atoms with Gasteiger partial charge in [0.15, 0.2) is 0 Å². The number of benzene rings is 6. The normalized spacial score (nSPS) is 18.1. The Bertz CT molecular complexity index is 2250. The number of hydrazine groups is 1. The smallest absolute Gasteiger partial charge is 0.0655 e. The Kier molecular flexibility index (Phi) is 8.86. The molecule has 0 radical (unpaired) electrons. The van der Waals surface area contributed by atoms with Crippen molar-refractivity contribution in [2.75, 3.05) is 0 Å². The van der Waals surface area contributed by atoms with E-state index in [9.17, 15) is 0 Å². The highest BCUT2D eigenvalue weighted by atomic mass is 32.2. The van der Waals surface area contributed by atoms with Crippen LogP contribution in [0.5, 0.6) is 0 Å². The van der Waals surface area contributed by atoms with Crippen LogP contribution in [0.25, 0.3) is 32.7 Å². The van der Waals surface area contributed by atoms with Crippen molar-refractivity contribution in [1.82, 2.24) is 10.9 Å². The van der Waals surface area contributed by atoms with E-state index in [4.69, 9.17) is 5.73 Å². The van der Waals surface area contributed by atoms with Gasteiger partial charge < -0.3 is 5.73 Å². The fourth-order valence-electron chi connectivity index (χ4n) is 7.46. The van der Waals surface area contributed by atoms with Crippen LogP contribution in [0.2, 0.25) is 0 Å². The number of rotatable bonds is 8. The van der Waals surface area contributed by atoms with Crippen molar-refractivity contribution in [2.24, 2.45) is 5.73 Å². The van der Waals surface area contributed by atoms with Gasteiger partial charge in [0.05, 0.1) is 12.1 Å².